The molecule has 1 amide bonds. The van der Waals surface area contributed by atoms with Crippen molar-refractivity contribution in [1.82, 2.24) is 4.90 Å². The van der Waals surface area contributed by atoms with Crippen molar-refractivity contribution in [3.8, 4) is 16.9 Å². The molecule has 116 valence electrons. The van der Waals surface area contributed by atoms with Crippen molar-refractivity contribution in [2.24, 2.45) is 0 Å². The van der Waals surface area contributed by atoms with Gasteiger partial charge in [-0.1, -0.05) is 48.5 Å². The van der Waals surface area contributed by atoms with E-state index in [9.17, 15) is 4.79 Å². The van der Waals surface area contributed by atoms with Crippen LogP contribution in [-0.4, -0.2) is 30.5 Å². The summed E-state index contributed by atoms with van der Waals surface area (Å²) in [4.78, 5) is 13.8. The minimum absolute atomic E-state index is 0.141. The summed E-state index contributed by atoms with van der Waals surface area (Å²) in [6.45, 7) is 5.88. The van der Waals surface area contributed by atoms with Crippen LogP contribution in [0.3, 0.4) is 0 Å². The third-order valence-electron chi connectivity index (χ3n) is 3.66. The van der Waals surface area contributed by atoms with Gasteiger partial charge in [0.25, 0.3) is 0 Å². The van der Waals surface area contributed by atoms with E-state index in [0.717, 1.165) is 30.0 Å². The maximum atomic E-state index is 12.0. The van der Waals surface area contributed by atoms with Gasteiger partial charge in [-0.3, -0.25) is 4.79 Å². The van der Waals surface area contributed by atoms with E-state index in [-0.39, 0.29) is 5.91 Å². The van der Waals surface area contributed by atoms with E-state index in [1.807, 2.05) is 61.2 Å². The van der Waals surface area contributed by atoms with Gasteiger partial charge >= 0.3 is 0 Å². The minimum atomic E-state index is 0.141. The first-order chi connectivity index (χ1) is 10.8. The van der Waals surface area contributed by atoms with Gasteiger partial charge in [-0.2, -0.15) is 0 Å². The van der Waals surface area contributed by atoms with Gasteiger partial charge in [0.1, 0.15) is 5.75 Å². The molecule has 0 aliphatic carbocycles. The van der Waals surface area contributed by atoms with Crippen molar-refractivity contribution in [3.63, 3.8) is 0 Å². The van der Waals surface area contributed by atoms with Crippen LogP contribution in [0.5, 0.6) is 5.75 Å². The molecule has 3 heteroatoms. The number of nitrogens with zero attached hydrogens (tertiary/aromatic N) is 1. The maximum absolute atomic E-state index is 12.0. The molecule has 22 heavy (non-hydrogen) atoms. The summed E-state index contributed by atoms with van der Waals surface area (Å²) in [6.07, 6.45) is 0.408. The Bertz CT molecular complexity index is 591. The van der Waals surface area contributed by atoms with Crippen LogP contribution in [0.15, 0.2) is 54.6 Å². The highest BCUT2D eigenvalue weighted by atomic mass is 16.5. The van der Waals surface area contributed by atoms with Crippen molar-refractivity contribution in [3.05, 3.63) is 54.6 Å². The summed E-state index contributed by atoms with van der Waals surface area (Å²) in [6, 6.07) is 18.1. The Morgan fingerprint density at radius 2 is 1.59 bits per heavy atom. The molecule has 3 nitrogen and oxygen atoms in total. The number of rotatable bonds is 7. The number of para-hydroxylation sites is 1. The first-order valence-corrected chi connectivity index (χ1v) is 7.81. The molecule has 0 fully saturated rings. The molecule has 0 unspecified atom stereocenters. The lowest BCUT2D eigenvalue weighted by Gasteiger charge is -2.19. The van der Waals surface area contributed by atoms with E-state index in [4.69, 9.17) is 4.74 Å². The second-order valence-electron chi connectivity index (χ2n) is 5.03. The third-order valence-corrected chi connectivity index (χ3v) is 3.66. The molecular formula is C19H23NO2. The molecule has 2 rings (SSSR count). The zero-order valence-electron chi connectivity index (χ0n) is 13.3. The molecule has 0 spiro atoms. The summed E-state index contributed by atoms with van der Waals surface area (Å²) in [7, 11) is 0. The average molecular weight is 297 g/mol. The molecule has 0 aromatic heterocycles. The van der Waals surface area contributed by atoms with E-state index in [2.05, 4.69) is 12.1 Å². The molecule has 2 aromatic rings. The molecule has 0 bridgehead atoms. The lowest BCUT2D eigenvalue weighted by molar-refractivity contribution is -0.131. The van der Waals surface area contributed by atoms with Gasteiger partial charge in [0, 0.05) is 18.7 Å². The lowest BCUT2D eigenvalue weighted by Crippen LogP contribution is -2.31. The van der Waals surface area contributed by atoms with Crippen molar-refractivity contribution >= 4 is 5.91 Å². The van der Waals surface area contributed by atoms with E-state index >= 15 is 0 Å². The lowest BCUT2D eigenvalue weighted by atomic mass is 10.1. The number of hydrogen-bond donors (Lipinski definition) is 0. The van der Waals surface area contributed by atoms with Gasteiger partial charge in [0.15, 0.2) is 0 Å². The molecule has 0 atom stereocenters. The quantitative estimate of drug-likeness (QED) is 0.773. The largest absolute Gasteiger partial charge is 0.492 e. The second-order valence-corrected chi connectivity index (χ2v) is 5.03. The van der Waals surface area contributed by atoms with Crippen LogP contribution in [0.4, 0.5) is 0 Å². The Hall–Kier alpha value is -2.29. The fraction of sp³-hybridized carbons (Fsp3) is 0.316. The van der Waals surface area contributed by atoms with Gasteiger partial charge in [-0.05, 0) is 25.5 Å². The van der Waals surface area contributed by atoms with E-state index in [1.165, 1.54) is 0 Å². The van der Waals surface area contributed by atoms with Gasteiger partial charge in [-0.25, -0.2) is 0 Å². The number of carbonyl (C=O) groups is 1. The van der Waals surface area contributed by atoms with Crippen LogP contribution in [0, 0.1) is 0 Å². The van der Waals surface area contributed by atoms with Crippen LogP contribution in [0.1, 0.15) is 20.3 Å². The zero-order valence-corrected chi connectivity index (χ0v) is 13.3. The smallest absolute Gasteiger partial charge is 0.225 e. The van der Waals surface area contributed by atoms with Gasteiger partial charge in [-0.15, -0.1) is 0 Å². The first kappa shape index (κ1) is 16.1. The van der Waals surface area contributed by atoms with Crippen molar-refractivity contribution in [2.75, 3.05) is 19.7 Å². The number of hydrogen-bond acceptors (Lipinski definition) is 2. The predicted octanol–water partition coefficient (Wildman–Crippen LogP) is 3.99. The fourth-order valence-electron chi connectivity index (χ4n) is 2.43. The molecule has 0 heterocycles. The SMILES string of the molecule is CCN(CC)C(=O)CCOc1ccccc1-c1ccccc1. The Balaban J connectivity index is 2.01. The van der Waals surface area contributed by atoms with Crippen LogP contribution < -0.4 is 4.74 Å². The van der Waals surface area contributed by atoms with E-state index in [0.29, 0.717) is 13.0 Å². The average Bonchev–Trinajstić information content (AvgIpc) is 2.57. The number of ether oxygens (including phenoxy) is 1. The molecule has 0 saturated heterocycles. The van der Waals surface area contributed by atoms with Crippen LogP contribution in [-0.2, 0) is 4.79 Å². The maximum Gasteiger partial charge on any atom is 0.225 e. The summed E-state index contributed by atoms with van der Waals surface area (Å²) in [5, 5.41) is 0. The number of benzene rings is 2. The summed E-state index contributed by atoms with van der Waals surface area (Å²) in [5.41, 5.74) is 2.17. The van der Waals surface area contributed by atoms with Crippen molar-refractivity contribution < 1.29 is 9.53 Å². The number of carbonyl (C=O) groups excluding carboxylic acids is 1. The molecule has 0 N–H and O–H groups in total. The Labute approximate surface area is 132 Å². The minimum Gasteiger partial charge on any atom is -0.492 e. The summed E-state index contributed by atoms with van der Waals surface area (Å²) in [5.74, 6) is 0.961. The Kier molecular flexibility index (Phi) is 6.01. The van der Waals surface area contributed by atoms with Gasteiger partial charge in [0.05, 0.1) is 13.0 Å². The monoisotopic (exact) mass is 297 g/mol. The highest BCUT2D eigenvalue weighted by molar-refractivity contribution is 5.76. The fourth-order valence-corrected chi connectivity index (χ4v) is 2.43. The van der Waals surface area contributed by atoms with Gasteiger partial charge < -0.3 is 9.64 Å². The molecule has 0 saturated carbocycles. The summed E-state index contributed by atoms with van der Waals surface area (Å²) >= 11 is 0. The van der Waals surface area contributed by atoms with Crippen LogP contribution >= 0.6 is 0 Å². The molecule has 0 aliphatic rings. The van der Waals surface area contributed by atoms with Crippen molar-refractivity contribution in [1.29, 1.82) is 0 Å². The molecule has 2 aromatic carbocycles. The standard InChI is InChI=1S/C19H23NO2/c1-3-20(4-2)19(21)14-15-22-18-13-9-8-12-17(18)16-10-6-5-7-11-16/h5-13H,3-4,14-15H2,1-2H3. The van der Waals surface area contributed by atoms with E-state index < -0.39 is 0 Å². The first-order valence-electron chi connectivity index (χ1n) is 7.81. The predicted molar refractivity (Wildman–Crippen MR) is 89.9 cm³/mol. The molecule has 0 aliphatic heterocycles. The topological polar surface area (TPSA) is 29.5 Å². The number of amides is 1. The normalized spacial score (nSPS) is 10.3. The second kappa shape index (κ2) is 8.23. The Morgan fingerprint density at radius 1 is 0.955 bits per heavy atom. The van der Waals surface area contributed by atoms with E-state index in [1.54, 1.807) is 0 Å². The third kappa shape index (κ3) is 4.10. The van der Waals surface area contributed by atoms with Crippen molar-refractivity contribution in [2.45, 2.75) is 20.3 Å². The molecular weight excluding hydrogens is 274 g/mol. The molecule has 0 radical (unpaired) electrons. The van der Waals surface area contributed by atoms with Gasteiger partial charge in [0.2, 0.25) is 5.91 Å². The summed E-state index contributed by atoms with van der Waals surface area (Å²) < 4.78 is 5.85. The highest BCUT2D eigenvalue weighted by Gasteiger charge is 2.10. The Morgan fingerprint density at radius 3 is 2.27 bits per heavy atom. The highest BCUT2D eigenvalue weighted by Crippen LogP contribution is 2.29. The van der Waals surface area contributed by atoms with Crippen LogP contribution in [0.25, 0.3) is 11.1 Å². The zero-order chi connectivity index (χ0) is 15.8. The van der Waals surface area contributed by atoms with Crippen LogP contribution in [0.2, 0.25) is 0 Å².